The molecule has 0 amide bonds. The number of hydrogen-bond acceptors (Lipinski definition) is 4. The summed E-state index contributed by atoms with van der Waals surface area (Å²) in [6.07, 6.45) is -3.34. The lowest BCUT2D eigenvalue weighted by Gasteiger charge is -2.08. The molecule has 0 saturated heterocycles. The van der Waals surface area contributed by atoms with Crippen LogP contribution in [0.15, 0.2) is 36.5 Å². The number of halogens is 3. The van der Waals surface area contributed by atoms with Gasteiger partial charge in [0.2, 0.25) is 5.78 Å². The van der Waals surface area contributed by atoms with E-state index >= 15 is 0 Å². The Hall–Kier alpha value is -3.03. The number of aromatic nitrogens is 2. The zero-order chi connectivity index (χ0) is 17.5. The number of carbonyl (C=O) groups excluding carboxylic acids is 1. The molecule has 24 heavy (non-hydrogen) atoms. The second-order valence-electron chi connectivity index (χ2n) is 4.97. The fourth-order valence-corrected chi connectivity index (χ4v) is 2.41. The molecule has 0 saturated carbocycles. The van der Waals surface area contributed by atoms with Crippen molar-refractivity contribution in [2.75, 3.05) is 7.11 Å². The van der Waals surface area contributed by atoms with Crippen molar-refractivity contribution in [3.63, 3.8) is 0 Å². The number of ether oxygens (including phenoxy) is 1. The van der Waals surface area contributed by atoms with E-state index in [2.05, 4.69) is 9.97 Å². The highest BCUT2D eigenvalue weighted by molar-refractivity contribution is 6.17. The van der Waals surface area contributed by atoms with Gasteiger partial charge in [-0.05, 0) is 24.3 Å². The van der Waals surface area contributed by atoms with Crippen LogP contribution >= 0.6 is 0 Å². The average Bonchev–Trinajstić information content (AvgIpc) is 3.00. The Bertz CT molecular complexity index is 932. The SMILES string of the molecule is COc1ccc(O)c2[nH]cc(C(=O)c3cccc(C(F)(F)F)n3)c12. The van der Waals surface area contributed by atoms with Crippen molar-refractivity contribution in [1.29, 1.82) is 0 Å². The van der Waals surface area contributed by atoms with Gasteiger partial charge in [0.1, 0.15) is 22.9 Å². The van der Waals surface area contributed by atoms with E-state index in [0.717, 1.165) is 12.1 Å². The van der Waals surface area contributed by atoms with E-state index in [-0.39, 0.29) is 27.9 Å². The third-order valence-electron chi connectivity index (χ3n) is 3.51. The molecule has 0 bridgehead atoms. The Labute approximate surface area is 133 Å². The minimum absolute atomic E-state index is 0.0598. The van der Waals surface area contributed by atoms with Crippen LogP contribution in [-0.4, -0.2) is 28.0 Å². The van der Waals surface area contributed by atoms with Crippen molar-refractivity contribution in [2.24, 2.45) is 0 Å². The first-order valence-electron chi connectivity index (χ1n) is 6.79. The van der Waals surface area contributed by atoms with Gasteiger partial charge in [0.15, 0.2) is 0 Å². The van der Waals surface area contributed by atoms with Crippen LogP contribution in [-0.2, 0) is 6.18 Å². The largest absolute Gasteiger partial charge is 0.506 e. The summed E-state index contributed by atoms with van der Waals surface area (Å²) in [4.78, 5) is 18.7. The molecule has 0 atom stereocenters. The van der Waals surface area contributed by atoms with E-state index < -0.39 is 17.7 Å². The molecule has 0 spiro atoms. The lowest BCUT2D eigenvalue weighted by Crippen LogP contribution is -2.12. The van der Waals surface area contributed by atoms with Gasteiger partial charge in [0, 0.05) is 6.20 Å². The third-order valence-corrected chi connectivity index (χ3v) is 3.51. The van der Waals surface area contributed by atoms with Crippen molar-refractivity contribution >= 4 is 16.7 Å². The number of phenolic OH excluding ortho intramolecular Hbond substituents is 1. The quantitative estimate of drug-likeness (QED) is 0.718. The van der Waals surface area contributed by atoms with Gasteiger partial charge in [-0.1, -0.05) is 6.07 Å². The Morgan fingerprint density at radius 3 is 2.67 bits per heavy atom. The predicted molar refractivity (Wildman–Crippen MR) is 79.2 cm³/mol. The van der Waals surface area contributed by atoms with Crippen LogP contribution in [0.1, 0.15) is 21.7 Å². The summed E-state index contributed by atoms with van der Waals surface area (Å²) >= 11 is 0. The number of pyridine rings is 1. The number of aromatic amines is 1. The minimum Gasteiger partial charge on any atom is -0.506 e. The molecule has 8 heteroatoms. The molecule has 0 fully saturated rings. The number of aromatic hydroxyl groups is 1. The smallest absolute Gasteiger partial charge is 0.433 e. The molecule has 3 aromatic rings. The zero-order valence-electron chi connectivity index (χ0n) is 12.3. The first-order valence-corrected chi connectivity index (χ1v) is 6.79. The van der Waals surface area contributed by atoms with Gasteiger partial charge in [0.25, 0.3) is 0 Å². The van der Waals surface area contributed by atoms with Gasteiger partial charge in [0.05, 0.1) is 23.6 Å². The van der Waals surface area contributed by atoms with Crippen LogP contribution < -0.4 is 4.74 Å². The summed E-state index contributed by atoms with van der Waals surface area (Å²) in [5.41, 5.74) is -1.19. The van der Waals surface area contributed by atoms with E-state index in [0.29, 0.717) is 5.75 Å². The van der Waals surface area contributed by atoms with E-state index in [1.165, 1.54) is 31.5 Å². The molecule has 2 aromatic heterocycles. The molecule has 0 aliphatic rings. The van der Waals surface area contributed by atoms with E-state index in [1.807, 2.05) is 0 Å². The molecular formula is C16H11F3N2O3. The number of methoxy groups -OCH3 is 1. The Morgan fingerprint density at radius 1 is 1.25 bits per heavy atom. The van der Waals surface area contributed by atoms with Gasteiger partial charge < -0.3 is 14.8 Å². The maximum absolute atomic E-state index is 12.8. The van der Waals surface area contributed by atoms with Crippen LogP contribution in [0.5, 0.6) is 11.5 Å². The number of ketones is 1. The number of fused-ring (bicyclic) bond motifs is 1. The second kappa shape index (κ2) is 5.55. The number of phenols is 1. The summed E-state index contributed by atoms with van der Waals surface area (Å²) < 4.78 is 43.5. The van der Waals surface area contributed by atoms with Crippen molar-refractivity contribution in [1.82, 2.24) is 9.97 Å². The maximum atomic E-state index is 12.8. The standard InChI is InChI=1S/C16H11F3N2O3/c1-24-11-6-5-10(22)14-13(11)8(7-20-14)15(23)9-3-2-4-12(21-9)16(17,18)19/h2-7,20,22H,1H3. The van der Waals surface area contributed by atoms with Crippen molar-refractivity contribution in [3.8, 4) is 11.5 Å². The first kappa shape index (κ1) is 15.9. The lowest BCUT2D eigenvalue weighted by atomic mass is 10.1. The molecule has 0 aliphatic carbocycles. The van der Waals surface area contributed by atoms with Crippen molar-refractivity contribution < 1.29 is 27.8 Å². The number of hydrogen-bond donors (Lipinski definition) is 2. The molecule has 2 heterocycles. The summed E-state index contributed by atoms with van der Waals surface area (Å²) in [7, 11) is 1.38. The molecular weight excluding hydrogens is 325 g/mol. The molecule has 2 N–H and O–H groups in total. The minimum atomic E-state index is -4.65. The van der Waals surface area contributed by atoms with Crippen molar-refractivity contribution in [2.45, 2.75) is 6.18 Å². The predicted octanol–water partition coefficient (Wildman–Crippen LogP) is 3.53. The van der Waals surface area contributed by atoms with Crippen LogP contribution in [0.2, 0.25) is 0 Å². The number of nitrogens with one attached hydrogen (secondary N) is 1. The molecule has 5 nitrogen and oxygen atoms in total. The molecule has 0 unspecified atom stereocenters. The van der Waals surface area contributed by atoms with Crippen molar-refractivity contribution in [3.05, 3.63) is 53.5 Å². The van der Waals surface area contributed by atoms with Crippen LogP contribution in [0.25, 0.3) is 10.9 Å². The highest BCUT2D eigenvalue weighted by atomic mass is 19.4. The molecule has 1 aromatic carbocycles. The van der Waals surface area contributed by atoms with Gasteiger partial charge in [-0.25, -0.2) is 4.98 Å². The van der Waals surface area contributed by atoms with Crippen LogP contribution in [0, 0.1) is 0 Å². The van der Waals surface area contributed by atoms with E-state index in [1.54, 1.807) is 0 Å². The van der Waals surface area contributed by atoms with Gasteiger partial charge in [-0.15, -0.1) is 0 Å². The summed E-state index contributed by atoms with van der Waals surface area (Å²) in [5, 5.41) is 10.1. The topological polar surface area (TPSA) is 75.2 Å². The highest BCUT2D eigenvalue weighted by Gasteiger charge is 2.33. The van der Waals surface area contributed by atoms with Gasteiger partial charge in [-0.3, -0.25) is 4.79 Å². The molecule has 0 radical (unpaired) electrons. The fraction of sp³-hybridized carbons (Fsp3) is 0.125. The number of benzene rings is 1. The summed E-state index contributed by atoms with van der Waals surface area (Å²) in [5.74, 6) is -0.516. The number of rotatable bonds is 3. The van der Waals surface area contributed by atoms with E-state index in [9.17, 15) is 23.1 Å². The average molecular weight is 336 g/mol. The van der Waals surface area contributed by atoms with Gasteiger partial charge >= 0.3 is 6.18 Å². The van der Waals surface area contributed by atoms with Crippen LogP contribution in [0.3, 0.4) is 0 Å². The number of H-pyrrole nitrogens is 1. The number of alkyl halides is 3. The highest BCUT2D eigenvalue weighted by Crippen LogP contribution is 2.35. The maximum Gasteiger partial charge on any atom is 0.433 e. The number of nitrogens with zero attached hydrogens (tertiary/aromatic N) is 1. The van der Waals surface area contributed by atoms with Gasteiger partial charge in [-0.2, -0.15) is 13.2 Å². The summed E-state index contributed by atoms with van der Waals surface area (Å²) in [6.45, 7) is 0. The Balaban J connectivity index is 2.15. The Morgan fingerprint density at radius 2 is 2.00 bits per heavy atom. The monoisotopic (exact) mass is 336 g/mol. The first-order chi connectivity index (χ1) is 11.3. The zero-order valence-corrected chi connectivity index (χ0v) is 12.3. The molecule has 3 rings (SSSR count). The number of carbonyl (C=O) groups is 1. The van der Waals surface area contributed by atoms with Crippen LogP contribution in [0.4, 0.5) is 13.2 Å². The third kappa shape index (κ3) is 2.55. The van der Waals surface area contributed by atoms with E-state index in [4.69, 9.17) is 4.74 Å². The summed E-state index contributed by atoms with van der Waals surface area (Å²) in [6, 6.07) is 5.95. The molecule has 124 valence electrons. The fourth-order valence-electron chi connectivity index (χ4n) is 2.41. The Kier molecular flexibility index (Phi) is 3.67. The normalized spacial score (nSPS) is 11.7. The molecule has 0 aliphatic heterocycles. The second-order valence-corrected chi connectivity index (χ2v) is 4.97. The lowest BCUT2D eigenvalue weighted by molar-refractivity contribution is -0.141.